The Labute approximate surface area is 138 Å². The molecule has 0 fully saturated rings. The molecule has 0 aliphatic rings. The first-order valence-electron chi connectivity index (χ1n) is 8.65. The van der Waals surface area contributed by atoms with Gasteiger partial charge in [0.15, 0.2) is 0 Å². The average molecular weight is 323 g/mol. The summed E-state index contributed by atoms with van der Waals surface area (Å²) in [6.07, 6.45) is 5.09. The third-order valence-electron chi connectivity index (χ3n) is 4.74. The maximum atomic E-state index is 5.95. The molecule has 0 radical (unpaired) electrons. The second kappa shape index (κ2) is 9.49. The molecule has 22 heavy (non-hydrogen) atoms. The highest BCUT2D eigenvalue weighted by atomic mass is 28.4. The Morgan fingerprint density at radius 2 is 1.73 bits per heavy atom. The van der Waals surface area contributed by atoms with Crippen molar-refractivity contribution in [2.24, 2.45) is 0 Å². The predicted octanol–water partition coefficient (Wildman–Crippen LogP) is 5.72. The maximum Gasteiger partial charge on any atom is 0.338 e. The van der Waals surface area contributed by atoms with E-state index < -0.39 is 8.56 Å². The lowest BCUT2D eigenvalue weighted by atomic mass is 9.96. The van der Waals surface area contributed by atoms with Crippen molar-refractivity contribution in [2.45, 2.75) is 71.4 Å². The summed E-state index contributed by atoms with van der Waals surface area (Å²) in [5, 5.41) is 0. The molecule has 0 amide bonds. The molecule has 1 atom stereocenters. The fourth-order valence-electron chi connectivity index (χ4n) is 3.24. The van der Waals surface area contributed by atoms with Crippen LogP contribution in [0, 0.1) is 13.8 Å². The third kappa shape index (κ3) is 5.53. The Morgan fingerprint density at radius 1 is 1.05 bits per heavy atom. The van der Waals surface area contributed by atoms with Crippen LogP contribution >= 0.6 is 0 Å². The molecule has 1 unspecified atom stereocenters. The minimum atomic E-state index is -2.08. The van der Waals surface area contributed by atoms with Gasteiger partial charge in [0, 0.05) is 14.2 Å². The van der Waals surface area contributed by atoms with Crippen molar-refractivity contribution in [1.82, 2.24) is 0 Å². The van der Waals surface area contributed by atoms with Crippen LogP contribution in [0.1, 0.15) is 62.1 Å². The van der Waals surface area contributed by atoms with Crippen molar-refractivity contribution >= 4 is 8.56 Å². The zero-order valence-electron chi connectivity index (χ0n) is 15.4. The van der Waals surface area contributed by atoms with E-state index >= 15 is 0 Å². The minimum absolute atomic E-state index is 0.484. The van der Waals surface area contributed by atoms with E-state index in [0.717, 1.165) is 12.1 Å². The van der Waals surface area contributed by atoms with Crippen LogP contribution in [0.3, 0.4) is 0 Å². The largest absolute Gasteiger partial charge is 0.398 e. The van der Waals surface area contributed by atoms with Crippen LogP contribution in [0.25, 0.3) is 0 Å². The molecule has 0 bridgehead atoms. The molecule has 0 saturated heterocycles. The van der Waals surface area contributed by atoms with Crippen molar-refractivity contribution in [3.8, 4) is 0 Å². The van der Waals surface area contributed by atoms with E-state index in [1.165, 1.54) is 42.4 Å². The molecule has 0 N–H and O–H groups in total. The first kappa shape index (κ1) is 19.4. The average Bonchev–Trinajstić information content (AvgIpc) is 2.52. The Hall–Kier alpha value is -0.643. The molecule has 1 aromatic rings. The Balaban J connectivity index is 2.78. The van der Waals surface area contributed by atoms with Crippen LogP contribution in [0.4, 0.5) is 0 Å². The zero-order valence-corrected chi connectivity index (χ0v) is 16.4. The van der Waals surface area contributed by atoms with E-state index in [9.17, 15) is 0 Å². The smallest absolute Gasteiger partial charge is 0.338 e. The summed E-state index contributed by atoms with van der Waals surface area (Å²) in [5.74, 6) is 0.484. The van der Waals surface area contributed by atoms with Crippen LogP contribution in [-0.4, -0.2) is 22.8 Å². The molecule has 0 aliphatic heterocycles. The van der Waals surface area contributed by atoms with Gasteiger partial charge in [-0.15, -0.1) is 0 Å². The Kier molecular flexibility index (Phi) is 8.37. The SMILES string of the molecule is CCCCCC[Si](CC(C)c1cc(C)ccc1C)(OC)OC. The first-order chi connectivity index (χ1) is 10.5. The molecule has 1 rings (SSSR count). The zero-order chi connectivity index (χ0) is 16.6. The van der Waals surface area contributed by atoms with Crippen molar-refractivity contribution in [2.75, 3.05) is 14.2 Å². The number of aryl methyl sites for hydroxylation is 2. The van der Waals surface area contributed by atoms with E-state index in [4.69, 9.17) is 8.85 Å². The van der Waals surface area contributed by atoms with Gasteiger partial charge in [-0.2, -0.15) is 0 Å². The molecule has 0 heterocycles. The Bertz CT molecular complexity index is 441. The third-order valence-corrected chi connectivity index (χ3v) is 8.58. The lowest BCUT2D eigenvalue weighted by Gasteiger charge is -2.31. The predicted molar refractivity (Wildman–Crippen MR) is 97.9 cm³/mol. The highest BCUT2D eigenvalue weighted by Crippen LogP contribution is 2.32. The van der Waals surface area contributed by atoms with Crippen LogP contribution in [0.15, 0.2) is 18.2 Å². The van der Waals surface area contributed by atoms with Gasteiger partial charge >= 0.3 is 8.56 Å². The van der Waals surface area contributed by atoms with Crippen molar-refractivity contribution in [3.63, 3.8) is 0 Å². The fraction of sp³-hybridized carbons (Fsp3) is 0.684. The van der Waals surface area contributed by atoms with Gasteiger partial charge in [0.1, 0.15) is 0 Å². The second-order valence-electron chi connectivity index (χ2n) is 6.59. The monoisotopic (exact) mass is 322 g/mol. The summed E-state index contributed by atoms with van der Waals surface area (Å²) in [7, 11) is 1.60. The lowest BCUT2D eigenvalue weighted by Crippen LogP contribution is -2.41. The van der Waals surface area contributed by atoms with Gasteiger partial charge in [-0.05, 0) is 43.0 Å². The summed E-state index contributed by atoms with van der Waals surface area (Å²) in [5.41, 5.74) is 4.15. The summed E-state index contributed by atoms with van der Waals surface area (Å²) in [4.78, 5) is 0. The van der Waals surface area contributed by atoms with Gasteiger partial charge in [-0.25, -0.2) is 0 Å². The number of hydrogen-bond acceptors (Lipinski definition) is 2. The second-order valence-corrected chi connectivity index (χ2v) is 10.1. The highest BCUT2D eigenvalue weighted by molar-refractivity contribution is 6.67. The van der Waals surface area contributed by atoms with Crippen LogP contribution < -0.4 is 0 Å². The molecule has 0 aliphatic carbocycles. The maximum absolute atomic E-state index is 5.95. The molecule has 0 spiro atoms. The number of benzene rings is 1. The van der Waals surface area contributed by atoms with E-state index in [1.807, 2.05) is 14.2 Å². The molecule has 0 aromatic heterocycles. The van der Waals surface area contributed by atoms with E-state index in [-0.39, 0.29) is 0 Å². The van der Waals surface area contributed by atoms with Crippen LogP contribution in [0.5, 0.6) is 0 Å². The van der Waals surface area contributed by atoms with E-state index in [2.05, 4.69) is 45.9 Å². The molecule has 2 nitrogen and oxygen atoms in total. The summed E-state index contributed by atoms with van der Waals surface area (Å²) in [6.45, 7) is 8.93. The Morgan fingerprint density at radius 3 is 2.32 bits per heavy atom. The van der Waals surface area contributed by atoms with E-state index in [1.54, 1.807) is 0 Å². The van der Waals surface area contributed by atoms with Crippen molar-refractivity contribution in [1.29, 1.82) is 0 Å². The summed E-state index contributed by atoms with van der Waals surface area (Å²) < 4.78 is 11.9. The van der Waals surface area contributed by atoms with Crippen molar-refractivity contribution in [3.05, 3.63) is 34.9 Å². The number of hydrogen-bond donors (Lipinski definition) is 0. The first-order valence-corrected chi connectivity index (χ1v) is 10.9. The standard InChI is InChI=1S/C19H34O2Si/c1-7-8-9-10-13-22(20-5,21-6)15-18(4)19-14-16(2)11-12-17(19)3/h11-12,14,18H,7-10,13,15H2,1-6H3. The van der Waals surface area contributed by atoms with Crippen LogP contribution in [-0.2, 0) is 8.85 Å². The summed E-state index contributed by atoms with van der Waals surface area (Å²) in [6, 6.07) is 8.88. The topological polar surface area (TPSA) is 18.5 Å². The van der Waals surface area contributed by atoms with Gasteiger partial charge in [0.25, 0.3) is 0 Å². The lowest BCUT2D eigenvalue weighted by molar-refractivity contribution is 0.237. The van der Waals surface area contributed by atoms with Gasteiger partial charge in [0.2, 0.25) is 0 Å². The van der Waals surface area contributed by atoms with Gasteiger partial charge in [-0.1, -0.05) is 63.3 Å². The molecular formula is C19H34O2Si. The summed E-state index contributed by atoms with van der Waals surface area (Å²) >= 11 is 0. The van der Waals surface area contributed by atoms with Crippen molar-refractivity contribution < 1.29 is 8.85 Å². The van der Waals surface area contributed by atoms with E-state index in [0.29, 0.717) is 5.92 Å². The van der Waals surface area contributed by atoms with Crippen LogP contribution in [0.2, 0.25) is 12.1 Å². The van der Waals surface area contributed by atoms with Gasteiger partial charge in [-0.3, -0.25) is 0 Å². The minimum Gasteiger partial charge on any atom is -0.398 e. The highest BCUT2D eigenvalue weighted by Gasteiger charge is 2.37. The fourth-order valence-corrected chi connectivity index (χ4v) is 6.30. The molecule has 0 saturated carbocycles. The quantitative estimate of drug-likeness (QED) is 0.405. The molecular weight excluding hydrogens is 288 g/mol. The molecule has 3 heteroatoms. The van der Waals surface area contributed by atoms with Gasteiger partial charge in [0.05, 0.1) is 0 Å². The normalized spacial score (nSPS) is 13.4. The van der Waals surface area contributed by atoms with Gasteiger partial charge < -0.3 is 8.85 Å². The molecule has 126 valence electrons. The number of rotatable bonds is 10. The molecule has 1 aromatic carbocycles. The number of unbranched alkanes of at least 4 members (excludes halogenated alkanes) is 3.